The smallest absolute Gasteiger partial charge is 0.240 e. The van der Waals surface area contributed by atoms with E-state index in [1.165, 1.54) is 0 Å². The zero-order valence-electron chi connectivity index (χ0n) is 8.80. The summed E-state index contributed by atoms with van der Waals surface area (Å²) in [6, 6.07) is 2.03. The molecule has 1 aliphatic carbocycles. The normalized spacial score (nSPS) is 17.1. The van der Waals surface area contributed by atoms with Gasteiger partial charge in [-0.2, -0.15) is 5.26 Å². The number of likely N-dealkylation sites (N-methyl/N-ethyl adjacent to an activating group) is 1. The zero-order valence-corrected chi connectivity index (χ0v) is 8.80. The van der Waals surface area contributed by atoms with Crippen LogP contribution in [-0.2, 0) is 9.59 Å². The summed E-state index contributed by atoms with van der Waals surface area (Å²) in [5, 5.41) is 13.9. The molecule has 0 aromatic carbocycles. The summed E-state index contributed by atoms with van der Waals surface area (Å²) in [5.74, 6) is -0.541. The Morgan fingerprint density at radius 3 is 2.47 bits per heavy atom. The van der Waals surface area contributed by atoms with Crippen molar-refractivity contribution in [2.45, 2.75) is 26.2 Å². The van der Waals surface area contributed by atoms with Crippen molar-refractivity contribution in [3.63, 3.8) is 0 Å². The van der Waals surface area contributed by atoms with E-state index in [1.54, 1.807) is 0 Å². The molecule has 0 spiro atoms. The summed E-state index contributed by atoms with van der Waals surface area (Å²) in [6.45, 7) is 2.30. The monoisotopic (exact) mass is 209 g/mol. The minimum absolute atomic E-state index is 0.0455. The van der Waals surface area contributed by atoms with Gasteiger partial charge in [-0.25, -0.2) is 0 Å². The van der Waals surface area contributed by atoms with Gasteiger partial charge in [-0.3, -0.25) is 9.59 Å². The molecule has 0 aromatic rings. The number of hydrogen-bond donors (Lipinski definition) is 2. The molecule has 15 heavy (non-hydrogen) atoms. The van der Waals surface area contributed by atoms with Gasteiger partial charge in [0.2, 0.25) is 11.8 Å². The molecule has 1 rings (SSSR count). The highest BCUT2D eigenvalue weighted by atomic mass is 16.2. The van der Waals surface area contributed by atoms with E-state index in [9.17, 15) is 9.59 Å². The average Bonchev–Trinajstić information content (AvgIpc) is 2.14. The van der Waals surface area contributed by atoms with E-state index in [1.807, 2.05) is 13.0 Å². The van der Waals surface area contributed by atoms with Gasteiger partial charge in [0, 0.05) is 6.54 Å². The molecule has 0 heterocycles. The van der Waals surface area contributed by atoms with Gasteiger partial charge in [-0.1, -0.05) is 0 Å². The molecule has 1 aliphatic rings. The maximum absolute atomic E-state index is 11.6. The van der Waals surface area contributed by atoms with Gasteiger partial charge in [0.1, 0.15) is 5.41 Å². The number of carbonyl (C=O) groups is 2. The first-order valence-electron chi connectivity index (χ1n) is 5.11. The minimum Gasteiger partial charge on any atom is -0.355 e. The fourth-order valence-electron chi connectivity index (χ4n) is 1.51. The molecule has 0 atom stereocenters. The summed E-state index contributed by atoms with van der Waals surface area (Å²) in [6.07, 6.45) is 2.11. The molecule has 0 aliphatic heterocycles. The van der Waals surface area contributed by atoms with Crippen LogP contribution in [0.1, 0.15) is 26.2 Å². The second-order valence-corrected chi connectivity index (χ2v) is 3.68. The molecule has 5 nitrogen and oxygen atoms in total. The Kier molecular flexibility index (Phi) is 3.67. The largest absolute Gasteiger partial charge is 0.355 e. The molecular formula is C10H15N3O2. The SMILES string of the molecule is CCNC(=O)CNC(=O)C1(C#N)CCC1. The molecule has 1 fully saturated rings. The summed E-state index contributed by atoms with van der Waals surface area (Å²) in [7, 11) is 0. The molecular weight excluding hydrogens is 194 g/mol. The predicted molar refractivity (Wildman–Crippen MR) is 53.6 cm³/mol. The van der Waals surface area contributed by atoms with Gasteiger partial charge in [0.25, 0.3) is 0 Å². The lowest BCUT2D eigenvalue weighted by atomic mass is 9.69. The number of hydrogen-bond acceptors (Lipinski definition) is 3. The van der Waals surface area contributed by atoms with Crippen molar-refractivity contribution in [3.05, 3.63) is 0 Å². The lowest BCUT2D eigenvalue weighted by Gasteiger charge is -2.33. The van der Waals surface area contributed by atoms with E-state index < -0.39 is 5.41 Å². The van der Waals surface area contributed by atoms with Crippen molar-refractivity contribution in [2.24, 2.45) is 5.41 Å². The molecule has 2 N–H and O–H groups in total. The van der Waals surface area contributed by atoms with Gasteiger partial charge in [-0.15, -0.1) is 0 Å². The molecule has 82 valence electrons. The molecule has 2 amide bonds. The number of rotatable bonds is 4. The Labute approximate surface area is 88.8 Å². The van der Waals surface area contributed by atoms with Crippen molar-refractivity contribution < 1.29 is 9.59 Å². The zero-order chi connectivity index (χ0) is 11.3. The lowest BCUT2D eigenvalue weighted by Crippen LogP contribution is -2.47. The quantitative estimate of drug-likeness (QED) is 0.680. The molecule has 0 saturated heterocycles. The second kappa shape index (κ2) is 4.78. The van der Waals surface area contributed by atoms with E-state index in [2.05, 4.69) is 10.6 Å². The van der Waals surface area contributed by atoms with E-state index >= 15 is 0 Å². The van der Waals surface area contributed by atoms with Gasteiger partial charge < -0.3 is 10.6 Å². The van der Waals surface area contributed by atoms with Crippen LogP contribution in [-0.4, -0.2) is 24.9 Å². The molecule has 5 heteroatoms. The Morgan fingerprint density at radius 1 is 1.40 bits per heavy atom. The van der Waals surface area contributed by atoms with Crippen LogP contribution in [0.5, 0.6) is 0 Å². The third-order valence-electron chi connectivity index (χ3n) is 2.64. The number of carbonyl (C=O) groups excluding carboxylic acids is 2. The number of nitrogens with zero attached hydrogens (tertiary/aromatic N) is 1. The Hall–Kier alpha value is -1.57. The lowest BCUT2D eigenvalue weighted by molar-refractivity contribution is -0.133. The average molecular weight is 209 g/mol. The highest BCUT2D eigenvalue weighted by Gasteiger charge is 2.44. The fraction of sp³-hybridized carbons (Fsp3) is 0.700. The second-order valence-electron chi connectivity index (χ2n) is 3.68. The number of nitriles is 1. The van der Waals surface area contributed by atoms with Crippen LogP contribution in [0, 0.1) is 16.7 Å². The van der Waals surface area contributed by atoms with Crippen LogP contribution in [0.15, 0.2) is 0 Å². The molecule has 0 bridgehead atoms. The van der Waals surface area contributed by atoms with Crippen molar-refractivity contribution >= 4 is 11.8 Å². The maximum Gasteiger partial charge on any atom is 0.240 e. The molecule has 0 unspecified atom stereocenters. The topological polar surface area (TPSA) is 82.0 Å². The first-order valence-corrected chi connectivity index (χ1v) is 5.11. The van der Waals surface area contributed by atoms with Crippen LogP contribution >= 0.6 is 0 Å². The Morgan fingerprint density at radius 2 is 2.07 bits per heavy atom. The van der Waals surface area contributed by atoms with Crippen LogP contribution in [0.3, 0.4) is 0 Å². The van der Waals surface area contributed by atoms with Crippen LogP contribution < -0.4 is 10.6 Å². The summed E-state index contributed by atoms with van der Waals surface area (Å²) < 4.78 is 0. The van der Waals surface area contributed by atoms with Crippen LogP contribution in [0.4, 0.5) is 0 Å². The fourth-order valence-corrected chi connectivity index (χ4v) is 1.51. The number of nitrogens with one attached hydrogen (secondary N) is 2. The van der Waals surface area contributed by atoms with Gasteiger partial charge in [0.05, 0.1) is 12.6 Å². The Balaban J connectivity index is 2.36. The van der Waals surface area contributed by atoms with Crippen molar-refractivity contribution in [1.82, 2.24) is 10.6 Å². The van der Waals surface area contributed by atoms with Crippen LogP contribution in [0.2, 0.25) is 0 Å². The van der Waals surface area contributed by atoms with E-state index in [4.69, 9.17) is 5.26 Å². The minimum atomic E-state index is -0.869. The van der Waals surface area contributed by atoms with Crippen LogP contribution in [0.25, 0.3) is 0 Å². The van der Waals surface area contributed by atoms with E-state index in [0.717, 1.165) is 6.42 Å². The van der Waals surface area contributed by atoms with Crippen molar-refractivity contribution in [2.75, 3.05) is 13.1 Å². The standard InChI is InChI=1S/C10H15N3O2/c1-2-12-8(14)6-13-9(15)10(7-11)4-3-5-10/h2-6H2,1H3,(H,12,14)(H,13,15). The molecule has 0 radical (unpaired) electrons. The Bertz CT molecular complexity index is 302. The van der Waals surface area contributed by atoms with E-state index in [-0.39, 0.29) is 18.4 Å². The highest BCUT2D eigenvalue weighted by Crippen LogP contribution is 2.40. The van der Waals surface area contributed by atoms with Gasteiger partial charge >= 0.3 is 0 Å². The predicted octanol–water partition coefficient (Wildman–Crippen LogP) is -0.0674. The van der Waals surface area contributed by atoms with Gasteiger partial charge in [0.15, 0.2) is 0 Å². The maximum atomic E-state index is 11.6. The highest BCUT2D eigenvalue weighted by molar-refractivity contribution is 5.90. The van der Waals surface area contributed by atoms with Crippen molar-refractivity contribution in [3.8, 4) is 6.07 Å². The first kappa shape index (κ1) is 11.5. The van der Waals surface area contributed by atoms with Gasteiger partial charge in [-0.05, 0) is 26.2 Å². The molecule has 0 aromatic heterocycles. The van der Waals surface area contributed by atoms with Crippen molar-refractivity contribution in [1.29, 1.82) is 5.26 Å². The van der Waals surface area contributed by atoms with E-state index in [0.29, 0.717) is 19.4 Å². The summed E-state index contributed by atoms with van der Waals surface area (Å²) in [4.78, 5) is 22.6. The third kappa shape index (κ3) is 2.46. The summed E-state index contributed by atoms with van der Waals surface area (Å²) >= 11 is 0. The summed E-state index contributed by atoms with van der Waals surface area (Å²) in [5.41, 5.74) is -0.869. The number of amides is 2. The third-order valence-corrected chi connectivity index (χ3v) is 2.64. The molecule has 1 saturated carbocycles. The first-order chi connectivity index (χ1) is 7.14.